The molecule has 17 heavy (non-hydrogen) atoms. The predicted molar refractivity (Wildman–Crippen MR) is 69.3 cm³/mol. The Bertz CT molecular complexity index is 376. The summed E-state index contributed by atoms with van der Waals surface area (Å²) >= 11 is 6.03. The van der Waals surface area contributed by atoms with Gasteiger partial charge >= 0.3 is 0 Å². The van der Waals surface area contributed by atoms with E-state index in [4.69, 9.17) is 17.3 Å². The summed E-state index contributed by atoms with van der Waals surface area (Å²) in [4.78, 5) is 12.3. The van der Waals surface area contributed by atoms with Crippen molar-refractivity contribution < 1.29 is 4.79 Å². The predicted octanol–water partition coefficient (Wildman–Crippen LogP) is 2.50. The number of hydrogen-bond acceptors (Lipinski definition) is 3. The maximum absolute atomic E-state index is 12.3. The van der Waals surface area contributed by atoms with E-state index < -0.39 is 0 Å². The van der Waals surface area contributed by atoms with Gasteiger partial charge in [0.25, 0.3) is 0 Å². The average Bonchev–Trinajstić information content (AvgIpc) is 2.67. The maximum Gasteiger partial charge on any atom is 0.186 e. The lowest BCUT2D eigenvalue weighted by molar-refractivity contribution is 0.0906. The topological polar surface area (TPSA) is 60.9 Å². The summed E-state index contributed by atoms with van der Waals surface area (Å²) in [5, 5.41) is 4.56. The zero-order valence-electron chi connectivity index (χ0n) is 10.4. The monoisotopic (exact) mass is 257 g/mol. The number of nitrogens with two attached hydrogens (primary N) is 1. The minimum absolute atomic E-state index is 0.0188. The standard InChI is InChI=1S/C12H20ClN3O/c1-3-5-9(7-14)12(17)11-10(13)8-15-16(11)6-4-2/h8-9H,3-7,14H2,1-2H3. The molecule has 1 unspecified atom stereocenters. The first-order chi connectivity index (χ1) is 8.15. The van der Waals surface area contributed by atoms with Crippen molar-refractivity contribution in [2.24, 2.45) is 11.7 Å². The molecular weight excluding hydrogens is 238 g/mol. The van der Waals surface area contributed by atoms with Crippen LogP contribution in [0.15, 0.2) is 6.20 Å². The fraction of sp³-hybridized carbons (Fsp3) is 0.667. The third kappa shape index (κ3) is 3.30. The van der Waals surface area contributed by atoms with Crippen molar-refractivity contribution in [2.45, 2.75) is 39.7 Å². The summed E-state index contributed by atoms with van der Waals surface area (Å²) in [6.07, 6.45) is 4.18. The molecule has 0 saturated heterocycles. The fourth-order valence-corrected chi connectivity index (χ4v) is 2.12. The first-order valence-corrected chi connectivity index (χ1v) is 6.49. The van der Waals surface area contributed by atoms with Crippen molar-refractivity contribution >= 4 is 17.4 Å². The number of Topliss-reactive ketones (excluding diaryl/α,β-unsaturated/α-hetero) is 1. The molecule has 0 aliphatic heterocycles. The first kappa shape index (κ1) is 14.2. The van der Waals surface area contributed by atoms with Crippen LogP contribution in [-0.2, 0) is 6.54 Å². The summed E-state index contributed by atoms with van der Waals surface area (Å²) in [6, 6.07) is 0. The highest BCUT2D eigenvalue weighted by Gasteiger charge is 2.24. The van der Waals surface area contributed by atoms with E-state index in [1.807, 2.05) is 13.8 Å². The van der Waals surface area contributed by atoms with Gasteiger partial charge in [0.2, 0.25) is 0 Å². The highest BCUT2D eigenvalue weighted by Crippen LogP contribution is 2.21. The molecule has 0 fully saturated rings. The maximum atomic E-state index is 12.3. The molecule has 0 aliphatic rings. The minimum atomic E-state index is -0.148. The second-order valence-electron chi connectivity index (χ2n) is 4.15. The molecule has 1 atom stereocenters. The van der Waals surface area contributed by atoms with Crippen molar-refractivity contribution in [3.63, 3.8) is 0 Å². The lowest BCUT2D eigenvalue weighted by Gasteiger charge is -2.13. The number of aromatic nitrogens is 2. The Hall–Kier alpha value is -0.870. The van der Waals surface area contributed by atoms with Gasteiger partial charge in [0.1, 0.15) is 5.69 Å². The summed E-state index contributed by atoms with van der Waals surface area (Å²) < 4.78 is 1.68. The number of nitrogens with zero attached hydrogens (tertiary/aromatic N) is 2. The summed E-state index contributed by atoms with van der Waals surface area (Å²) in [6.45, 7) is 5.15. The van der Waals surface area contributed by atoms with Crippen LogP contribution in [0, 0.1) is 5.92 Å². The van der Waals surface area contributed by atoms with Crippen LogP contribution < -0.4 is 5.73 Å². The fourth-order valence-electron chi connectivity index (χ4n) is 1.89. The molecule has 0 radical (unpaired) electrons. The number of halogens is 1. The molecule has 0 aromatic carbocycles. The van der Waals surface area contributed by atoms with Crippen molar-refractivity contribution in [3.05, 3.63) is 16.9 Å². The van der Waals surface area contributed by atoms with Crippen molar-refractivity contribution in [1.82, 2.24) is 9.78 Å². The molecule has 0 spiro atoms. The van der Waals surface area contributed by atoms with Gasteiger partial charge in [-0.1, -0.05) is 31.9 Å². The van der Waals surface area contributed by atoms with E-state index in [0.717, 1.165) is 19.3 Å². The minimum Gasteiger partial charge on any atom is -0.330 e. The van der Waals surface area contributed by atoms with Crippen LogP contribution in [0.2, 0.25) is 5.02 Å². The lowest BCUT2D eigenvalue weighted by Crippen LogP contribution is -2.26. The Kier molecular flexibility index (Phi) is 5.65. The molecule has 0 amide bonds. The first-order valence-electron chi connectivity index (χ1n) is 6.11. The van der Waals surface area contributed by atoms with Crippen LogP contribution in [0.5, 0.6) is 0 Å². The molecule has 0 saturated carbocycles. The van der Waals surface area contributed by atoms with Crippen molar-refractivity contribution in [1.29, 1.82) is 0 Å². The summed E-state index contributed by atoms with van der Waals surface area (Å²) in [5.74, 6) is -0.130. The van der Waals surface area contributed by atoms with E-state index in [0.29, 0.717) is 23.8 Å². The Morgan fingerprint density at radius 2 is 2.24 bits per heavy atom. The van der Waals surface area contributed by atoms with E-state index in [9.17, 15) is 4.79 Å². The highest BCUT2D eigenvalue weighted by molar-refractivity contribution is 6.33. The number of ketones is 1. The van der Waals surface area contributed by atoms with Crippen molar-refractivity contribution in [2.75, 3.05) is 6.54 Å². The van der Waals surface area contributed by atoms with Gasteiger partial charge < -0.3 is 5.73 Å². The highest BCUT2D eigenvalue weighted by atomic mass is 35.5. The molecule has 4 nitrogen and oxygen atoms in total. The Morgan fingerprint density at radius 3 is 2.76 bits per heavy atom. The van der Waals surface area contributed by atoms with Crippen LogP contribution >= 0.6 is 11.6 Å². The van der Waals surface area contributed by atoms with Gasteiger partial charge in [0.15, 0.2) is 5.78 Å². The SMILES string of the molecule is CCCC(CN)C(=O)c1c(Cl)cnn1CCC. The van der Waals surface area contributed by atoms with Crippen LogP contribution in [-0.4, -0.2) is 22.1 Å². The lowest BCUT2D eigenvalue weighted by atomic mass is 9.96. The molecule has 1 heterocycles. The van der Waals surface area contributed by atoms with E-state index in [1.165, 1.54) is 6.20 Å². The van der Waals surface area contributed by atoms with Crippen molar-refractivity contribution in [3.8, 4) is 0 Å². The van der Waals surface area contributed by atoms with Gasteiger partial charge in [-0.05, 0) is 12.8 Å². The number of hydrogen-bond donors (Lipinski definition) is 1. The van der Waals surface area contributed by atoms with Crippen LogP contribution in [0.4, 0.5) is 0 Å². The van der Waals surface area contributed by atoms with E-state index in [1.54, 1.807) is 4.68 Å². The van der Waals surface area contributed by atoms with Crippen LogP contribution in [0.1, 0.15) is 43.6 Å². The quantitative estimate of drug-likeness (QED) is 0.764. The zero-order chi connectivity index (χ0) is 12.8. The van der Waals surface area contributed by atoms with Crippen LogP contribution in [0.25, 0.3) is 0 Å². The van der Waals surface area contributed by atoms with Gasteiger partial charge in [-0.3, -0.25) is 9.48 Å². The number of rotatable bonds is 7. The Morgan fingerprint density at radius 1 is 1.53 bits per heavy atom. The molecular formula is C12H20ClN3O. The third-order valence-corrected chi connectivity index (χ3v) is 3.03. The summed E-state index contributed by atoms with van der Waals surface area (Å²) in [5.41, 5.74) is 6.16. The van der Waals surface area contributed by atoms with Gasteiger partial charge in [0, 0.05) is 19.0 Å². The number of carbonyl (C=O) groups is 1. The Balaban J connectivity index is 2.96. The Labute approximate surface area is 107 Å². The largest absolute Gasteiger partial charge is 0.330 e. The van der Waals surface area contributed by atoms with Crippen LogP contribution in [0.3, 0.4) is 0 Å². The van der Waals surface area contributed by atoms with Gasteiger partial charge in [-0.15, -0.1) is 0 Å². The molecule has 2 N–H and O–H groups in total. The third-order valence-electron chi connectivity index (χ3n) is 2.76. The molecule has 0 bridgehead atoms. The second-order valence-corrected chi connectivity index (χ2v) is 4.56. The summed E-state index contributed by atoms with van der Waals surface area (Å²) in [7, 11) is 0. The zero-order valence-corrected chi connectivity index (χ0v) is 11.2. The van der Waals surface area contributed by atoms with E-state index in [-0.39, 0.29) is 11.7 Å². The van der Waals surface area contributed by atoms with Gasteiger partial charge in [-0.25, -0.2) is 0 Å². The van der Waals surface area contributed by atoms with E-state index >= 15 is 0 Å². The van der Waals surface area contributed by atoms with Gasteiger partial charge in [-0.2, -0.15) is 5.10 Å². The van der Waals surface area contributed by atoms with Gasteiger partial charge in [0.05, 0.1) is 11.2 Å². The number of carbonyl (C=O) groups excluding carboxylic acids is 1. The molecule has 5 heteroatoms. The molecule has 1 aromatic heterocycles. The van der Waals surface area contributed by atoms with E-state index in [2.05, 4.69) is 5.10 Å². The normalized spacial score (nSPS) is 12.7. The molecule has 96 valence electrons. The smallest absolute Gasteiger partial charge is 0.186 e. The second kappa shape index (κ2) is 6.77. The molecule has 0 aliphatic carbocycles. The number of aryl methyl sites for hydroxylation is 1. The molecule has 1 rings (SSSR count). The molecule has 1 aromatic rings. The average molecular weight is 258 g/mol.